The van der Waals surface area contributed by atoms with Crippen molar-refractivity contribution in [1.82, 2.24) is 5.32 Å². The Labute approximate surface area is 57.1 Å². The van der Waals surface area contributed by atoms with Crippen molar-refractivity contribution in [3.8, 4) is 0 Å². The van der Waals surface area contributed by atoms with Gasteiger partial charge in [-0.05, 0) is 18.4 Å². The zero-order chi connectivity index (χ0) is 7.44. The molecule has 0 aromatic rings. The van der Waals surface area contributed by atoms with Crippen LogP contribution in [0.5, 0.6) is 0 Å². The Morgan fingerprint density at radius 3 is 2.00 bits per heavy atom. The molecule has 0 saturated carbocycles. The lowest BCUT2D eigenvalue weighted by Crippen LogP contribution is -2.18. The molecule has 0 aliphatic rings. The normalized spacial score (nSPS) is 13.4. The van der Waals surface area contributed by atoms with Crippen molar-refractivity contribution in [2.24, 2.45) is 11.7 Å². The maximum Gasteiger partial charge on any atom is 0.0948 e. The molecule has 3 N–H and O–H groups in total. The van der Waals surface area contributed by atoms with E-state index in [-0.39, 0.29) is 0 Å². The summed E-state index contributed by atoms with van der Waals surface area (Å²) in [5.41, 5.74) is 6.81. The molecule has 0 unspecified atom stereocenters. The maximum absolute atomic E-state index is 5.59. The Balaban J connectivity index is 4.10. The smallest absolute Gasteiger partial charge is 0.0948 e. The molecule has 0 saturated heterocycles. The zero-order valence-electron chi connectivity index (χ0n) is 6.65. The fourth-order valence-corrected chi connectivity index (χ4v) is 0.508. The third kappa shape index (κ3) is 2.40. The fraction of sp³-hybridized carbons (Fsp3) is 0.714. The molecule has 0 atom stereocenters. The summed E-state index contributed by atoms with van der Waals surface area (Å²) >= 11 is 0. The van der Waals surface area contributed by atoms with Crippen LogP contribution in [0.25, 0.3) is 0 Å². The number of rotatable bonds is 2. The van der Waals surface area contributed by atoms with E-state index >= 15 is 0 Å². The van der Waals surface area contributed by atoms with Crippen molar-refractivity contribution in [3.63, 3.8) is 0 Å². The van der Waals surface area contributed by atoms with Crippen LogP contribution in [0.15, 0.2) is 11.4 Å². The molecule has 54 valence electrons. The summed E-state index contributed by atoms with van der Waals surface area (Å²) in [6, 6.07) is 0. The van der Waals surface area contributed by atoms with Crippen LogP contribution in [0.2, 0.25) is 0 Å². The lowest BCUT2D eigenvalue weighted by atomic mass is 10.1. The fourth-order valence-electron chi connectivity index (χ4n) is 0.508. The molecule has 2 nitrogen and oxygen atoms in total. The van der Waals surface area contributed by atoms with Gasteiger partial charge in [-0.15, -0.1) is 0 Å². The second kappa shape index (κ2) is 3.38. The first-order chi connectivity index (χ1) is 4.09. The van der Waals surface area contributed by atoms with Crippen LogP contribution in [0.1, 0.15) is 20.8 Å². The molecular formula is C7H16N2. The minimum Gasteiger partial charge on any atom is -0.386 e. The van der Waals surface area contributed by atoms with Crippen LogP contribution in [-0.2, 0) is 0 Å². The highest BCUT2D eigenvalue weighted by molar-refractivity contribution is 5.07. The van der Waals surface area contributed by atoms with Crippen molar-refractivity contribution in [1.29, 1.82) is 0 Å². The minimum absolute atomic E-state index is 0.539. The van der Waals surface area contributed by atoms with E-state index in [1.807, 2.05) is 14.0 Å². The highest BCUT2D eigenvalue weighted by Crippen LogP contribution is 2.07. The van der Waals surface area contributed by atoms with Gasteiger partial charge >= 0.3 is 0 Å². The molecule has 0 fully saturated rings. The van der Waals surface area contributed by atoms with Gasteiger partial charge in [0.1, 0.15) is 0 Å². The van der Waals surface area contributed by atoms with Gasteiger partial charge < -0.3 is 11.1 Å². The number of hydrogen-bond donors (Lipinski definition) is 2. The van der Waals surface area contributed by atoms with Gasteiger partial charge in [0.2, 0.25) is 0 Å². The number of nitrogens with two attached hydrogens (primary N) is 1. The summed E-state index contributed by atoms with van der Waals surface area (Å²) in [6.45, 7) is 6.29. The maximum atomic E-state index is 5.59. The summed E-state index contributed by atoms with van der Waals surface area (Å²) in [7, 11) is 1.83. The Kier molecular flexibility index (Phi) is 3.13. The predicted molar refractivity (Wildman–Crippen MR) is 40.8 cm³/mol. The topological polar surface area (TPSA) is 38.0 Å². The summed E-state index contributed by atoms with van der Waals surface area (Å²) in [6.07, 6.45) is 0. The van der Waals surface area contributed by atoms with Crippen molar-refractivity contribution < 1.29 is 0 Å². The Morgan fingerprint density at radius 2 is 1.89 bits per heavy atom. The van der Waals surface area contributed by atoms with Gasteiger partial charge in [-0.2, -0.15) is 0 Å². The van der Waals surface area contributed by atoms with E-state index in [4.69, 9.17) is 5.73 Å². The molecule has 9 heavy (non-hydrogen) atoms. The number of nitrogens with one attached hydrogen (secondary N) is 1. The summed E-state index contributed by atoms with van der Waals surface area (Å²) in [5, 5.41) is 2.90. The first kappa shape index (κ1) is 8.34. The van der Waals surface area contributed by atoms with Crippen LogP contribution in [0, 0.1) is 5.92 Å². The van der Waals surface area contributed by atoms with Crippen LogP contribution >= 0.6 is 0 Å². The van der Waals surface area contributed by atoms with Crippen LogP contribution in [0.4, 0.5) is 0 Å². The summed E-state index contributed by atoms with van der Waals surface area (Å²) < 4.78 is 0. The van der Waals surface area contributed by atoms with Crippen molar-refractivity contribution in [3.05, 3.63) is 11.4 Å². The van der Waals surface area contributed by atoms with E-state index in [1.54, 1.807) is 0 Å². The van der Waals surface area contributed by atoms with Crippen molar-refractivity contribution in [2.75, 3.05) is 7.05 Å². The Morgan fingerprint density at radius 1 is 1.44 bits per heavy atom. The van der Waals surface area contributed by atoms with Gasteiger partial charge in [0.25, 0.3) is 0 Å². The average Bonchev–Trinajstić information content (AvgIpc) is 1.84. The number of hydrogen-bond acceptors (Lipinski definition) is 2. The van der Waals surface area contributed by atoms with Gasteiger partial charge in [-0.3, -0.25) is 0 Å². The second-order valence-electron chi connectivity index (χ2n) is 2.50. The molecule has 0 bridgehead atoms. The van der Waals surface area contributed by atoms with E-state index in [0.717, 1.165) is 5.82 Å². The lowest BCUT2D eigenvalue weighted by molar-refractivity contribution is 0.733. The Hall–Kier alpha value is -0.660. The minimum atomic E-state index is 0.539. The SMILES string of the molecule is CNC(N)=C(C)C(C)C. The molecule has 0 amide bonds. The third-order valence-electron chi connectivity index (χ3n) is 1.56. The van der Waals surface area contributed by atoms with E-state index in [1.165, 1.54) is 5.57 Å². The van der Waals surface area contributed by atoms with E-state index < -0.39 is 0 Å². The second-order valence-corrected chi connectivity index (χ2v) is 2.50. The standard InChI is InChI=1S/C7H16N2/c1-5(2)6(3)7(8)9-4/h5,9H,8H2,1-4H3. The van der Waals surface area contributed by atoms with E-state index in [0.29, 0.717) is 5.92 Å². The molecule has 0 spiro atoms. The van der Waals surface area contributed by atoms with Crippen molar-refractivity contribution >= 4 is 0 Å². The van der Waals surface area contributed by atoms with E-state index in [9.17, 15) is 0 Å². The molecule has 0 radical (unpaired) electrons. The van der Waals surface area contributed by atoms with Crippen LogP contribution in [-0.4, -0.2) is 7.05 Å². The summed E-state index contributed by atoms with van der Waals surface area (Å²) in [5.74, 6) is 1.34. The first-order valence-electron chi connectivity index (χ1n) is 3.23. The molecule has 0 aromatic heterocycles. The predicted octanol–water partition coefficient (Wildman–Crippen LogP) is 1.05. The molecular weight excluding hydrogens is 112 g/mol. The lowest BCUT2D eigenvalue weighted by Gasteiger charge is -2.09. The molecule has 0 aliphatic carbocycles. The molecule has 0 heterocycles. The highest BCUT2D eigenvalue weighted by Gasteiger charge is 1.99. The van der Waals surface area contributed by atoms with Gasteiger partial charge in [0.15, 0.2) is 0 Å². The van der Waals surface area contributed by atoms with E-state index in [2.05, 4.69) is 19.2 Å². The molecule has 0 aromatic carbocycles. The highest BCUT2D eigenvalue weighted by atomic mass is 15.0. The van der Waals surface area contributed by atoms with Gasteiger partial charge in [0.05, 0.1) is 5.82 Å². The van der Waals surface area contributed by atoms with Gasteiger partial charge in [-0.25, -0.2) is 0 Å². The van der Waals surface area contributed by atoms with Crippen molar-refractivity contribution in [2.45, 2.75) is 20.8 Å². The molecule has 0 rings (SSSR count). The third-order valence-corrected chi connectivity index (χ3v) is 1.56. The Bertz CT molecular complexity index is 114. The number of allylic oxidation sites excluding steroid dienone is 1. The quantitative estimate of drug-likeness (QED) is 0.583. The largest absolute Gasteiger partial charge is 0.386 e. The molecule has 0 aliphatic heterocycles. The zero-order valence-corrected chi connectivity index (χ0v) is 6.65. The first-order valence-corrected chi connectivity index (χ1v) is 3.23. The van der Waals surface area contributed by atoms with Gasteiger partial charge in [-0.1, -0.05) is 13.8 Å². The van der Waals surface area contributed by atoms with Crippen LogP contribution in [0.3, 0.4) is 0 Å². The van der Waals surface area contributed by atoms with Crippen LogP contribution < -0.4 is 11.1 Å². The monoisotopic (exact) mass is 128 g/mol. The van der Waals surface area contributed by atoms with Gasteiger partial charge in [0, 0.05) is 7.05 Å². The average molecular weight is 128 g/mol. The molecule has 2 heteroatoms. The summed E-state index contributed by atoms with van der Waals surface area (Å²) in [4.78, 5) is 0.